The molecule has 0 aliphatic heterocycles. The fraction of sp³-hybridized carbons (Fsp3) is 0.696. The second-order valence-electron chi connectivity index (χ2n) is 8.35. The number of allylic oxidation sites excluding steroid dienone is 2. The summed E-state index contributed by atoms with van der Waals surface area (Å²) >= 11 is 0. The molecule has 0 radical (unpaired) electrons. The highest BCUT2D eigenvalue weighted by molar-refractivity contribution is 6.77. The molecule has 4 heteroatoms. The third-order valence-electron chi connectivity index (χ3n) is 4.97. The van der Waals surface area contributed by atoms with Crippen LogP contribution in [0.2, 0.25) is 16.6 Å². The summed E-state index contributed by atoms with van der Waals surface area (Å²) in [5.74, 6) is 4.84. The lowest BCUT2D eigenvalue weighted by molar-refractivity contribution is -0.139. The van der Waals surface area contributed by atoms with E-state index in [2.05, 4.69) is 60.3 Å². The number of ether oxygens (including phenoxy) is 1. The van der Waals surface area contributed by atoms with Gasteiger partial charge in [-0.3, -0.25) is 0 Å². The van der Waals surface area contributed by atoms with E-state index in [9.17, 15) is 4.79 Å². The van der Waals surface area contributed by atoms with Crippen LogP contribution in [0.5, 0.6) is 0 Å². The molecule has 27 heavy (non-hydrogen) atoms. The number of rotatable bonds is 9. The van der Waals surface area contributed by atoms with Crippen molar-refractivity contribution in [3.05, 3.63) is 23.8 Å². The minimum atomic E-state index is -1.88. The van der Waals surface area contributed by atoms with Gasteiger partial charge in [-0.05, 0) is 62.9 Å². The summed E-state index contributed by atoms with van der Waals surface area (Å²) in [6, 6.07) is 0. The highest BCUT2D eigenvalue weighted by Crippen LogP contribution is 2.43. The van der Waals surface area contributed by atoms with E-state index < -0.39 is 14.3 Å². The number of carbonyl (C=O) groups is 1. The van der Waals surface area contributed by atoms with Gasteiger partial charge in [0.1, 0.15) is 6.10 Å². The Morgan fingerprint density at radius 2 is 1.52 bits per heavy atom. The molecule has 0 N–H and O–H groups in total. The van der Waals surface area contributed by atoms with E-state index in [-0.39, 0.29) is 12.2 Å². The van der Waals surface area contributed by atoms with Crippen molar-refractivity contribution < 1.29 is 14.0 Å². The Morgan fingerprint density at radius 1 is 1.00 bits per heavy atom. The molecule has 0 aliphatic rings. The maximum atomic E-state index is 11.7. The molecule has 0 bridgehead atoms. The molecule has 0 fully saturated rings. The first-order valence-corrected chi connectivity index (χ1v) is 12.3. The van der Waals surface area contributed by atoms with E-state index in [1.54, 1.807) is 6.08 Å². The van der Waals surface area contributed by atoms with Crippen molar-refractivity contribution in [2.45, 2.75) is 104 Å². The van der Waals surface area contributed by atoms with Crippen LogP contribution in [0.4, 0.5) is 0 Å². The summed E-state index contributed by atoms with van der Waals surface area (Å²) in [4.78, 5) is 11.7. The molecule has 0 aromatic carbocycles. The van der Waals surface area contributed by atoms with E-state index in [4.69, 9.17) is 9.16 Å². The van der Waals surface area contributed by atoms with Crippen molar-refractivity contribution in [3.8, 4) is 11.8 Å². The average Bonchev–Trinajstić information content (AvgIpc) is 2.51. The van der Waals surface area contributed by atoms with Crippen LogP contribution in [0.3, 0.4) is 0 Å². The lowest BCUT2D eigenvalue weighted by Gasteiger charge is -2.44. The third-order valence-corrected chi connectivity index (χ3v) is 11.2. The zero-order valence-electron chi connectivity index (χ0n) is 19.1. The Kier molecular flexibility index (Phi) is 11.6. The number of hydrogen-bond acceptors (Lipinski definition) is 3. The quantitative estimate of drug-likeness (QED) is 0.149. The van der Waals surface area contributed by atoms with Crippen LogP contribution in [-0.4, -0.2) is 26.5 Å². The van der Waals surface area contributed by atoms with Crippen LogP contribution in [0, 0.1) is 11.8 Å². The summed E-state index contributed by atoms with van der Waals surface area (Å²) < 4.78 is 11.9. The smallest absolute Gasteiger partial charge is 0.385 e. The van der Waals surface area contributed by atoms with Crippen LogP contribution < -0.4 is 0 Å². The Bertz CT molecular complexity index is 554. The van der Waals surface area contributed by atoms with E-state index in [1.807, 2.05) is 32.9 Å². The Balaban J connectivity index is 4.95. The molecule has 0 saturated carbocycles. The van der Waals surface area contributed by atoms with Crippen molar-refractivity contribution in [1.82, 2.24) is 0 Å². The normalized spacial score (nSPS) is 15.2. The van der Waals surface area contributed by atoms with Crippen molar-refractivity contribution in [2.24, 2.45) is 0 Å². The highest BCUT2D eigenvalue weighted by Gasteiger charge is 2.45. The lowest BCUT2D eigenvalue weighted by Crippen LogP contribution is -2.49. The van der Waals surface area contributed by atoms with Crippen molar-refractivity contribution in [3.63, 3.8) is 0 Å². The molecule has 0 aliphatic carbocycles. The van der Waals surface area contributed by atoms with Crippen molar-refractivity contribution >= 4 is 14.3 Å². The van der Waals surface area contributed by atoms with Crippen LogP contribution in [0.25, 0.3) is 0 Å². The number of hydrogen-bond donors (Lipinski definition) is 0. The predicted molar refractivity (Wildman–Crippen MR) is 118 cm³/mol. The van der Waals surface area contributed by atoms with Crippen molar-refractivity contribution in [1.29, 1.82) is 0 Å². The predicted octanol–water partition coefficient (Wildman–Crippen LogP) is 6.41. The van der Waals surface area contributed by atoms with E-state index in [0.29, 0.717) is 16.6 Å². The summed E-state index contributed by atoms with van der Waals surface area (Å²) in [6.45, 7) is 21.7. The second-order valence-corrected chi connectivity index (χ2v) is 13.8. The van der Waals surface area contributed by atoms with Crippen LogP contribution in [-0.2, 0) is 14.0 Å². The standard InChI is InChI=1S/C23H40O3Si/c1-11-13-21(9)25-23(24)15-12-14-20(8)16-22(10)26-27(17(2)3,18(4)5)19(6)7/h11,13-14,17-19,21-22H,16H2,1-10H3/b13-11?,20-14+/t21?,22-/m0/s1. The van der Waals surface area contributed by atoms with Gasteiger partial charge in [0.2, 0.25) is 8.32 Å². The molecule has 0 rings (SSSR count). The van der Waals surface area contributed by atoms with Crippen molar-refractivity contribution in [2.75, 3.05) is 0 Å². The van der Waals surface area contributed by atoms with Gasteiger partial charge >= 0.3 is 5.97 Å². The maximum Gasteiger partial charge on any atom is 0.385 e. The van der Waals surface area contributed by atoms with Gasteiger partial charge < -0.3 is 9.16 Å². The molecule has 154 valence electrons. The van der Waals surface area contributed by atoms with Gasteiger partial charge in [0.25, 0.3) is 0 Å². The Morgan fingerprint density at radius 3 is 1.96 bits per heavy atom. The van der Waals surface area contributed by atoms with Crippen LogP contribution in [0.15, 0.2) is 23.8 Å². The molecular weight excluding hydrogens is 352 g/mol. The molecule has 0 aromatic heterocycles. The van der Waals surface area contributed by atoms with Crippen LogP contribution in [0.1, 0.15) is 75.7 Å². The second kappa shape index (κ2) is 12.2. The molecule has 3 nitrogen and oxygen atoms in total. The largest absolute Gasteiger partial charge is 0.449 e. The summed E-state index contributed by atoms with van der Waals surface area (Å²) in [7, 11) is -1.88. The monoisotopic (exact) mass is 392 g/mol. The summed E-state index contributed by atoms with van der Waals surface area (Å²) in [5, 5.41) is 0. The Labute approximate surface area is 168 Å². The van der Waals surface area contributed by atoms with Crippen LogP contribution >= 0.6 is 0 Å². The molecule has 0 amide bonds. The van der Waals surface area contributed by atoms with Gasteiger partial charge in [-0.15, -0.1) is 0 Å². The first-order valence-electron chi connectivity index (χ1n) is 10.2. The number of esters is 1. The zero-order chi connectivity index (χ0) is 21.2. The highest BCUT2D eigenvalue weighted by atomic mass is 28.4. The fourth-order valence-electron chi connectivity index (χ4n) is 4.04. The summed E-state index contributed by atoms with van der Waals surface area (Å²) in [5.41, 5.74) is 2.82. The first kappa shape index (κ1) is 25.7. The van der Waals surface area contributed by atoms with E-state index >= 15 is 0 Å². The molecule has 0 saturated heterocycles. The number of carbonyl (C=O) groups excluding carboxylic acids is 1. The third kappa shape index (κ3) is 8.49. The molecule has 1 unspecified atom stereocenters. The zero-order valence-corrected chi connectivity index (χ0v) is 20.1. The lowest BCUT2D eigenvalue weighted by atomic mass is 10.1. The van der Waals surface area contributed by atoms with Gasteiger partial charge in [-0.25, -0.2) is 4.79 Å². The first-order chi connectivity index (χ1) is 12.5. The minimum absolute atomic E-state index is 0.142. The van der Waals surface area contributed by atoms with Gasteiger partial charge in [0.05, 0.1) is 0 Å². The fourth-order valence-corrected chi connectivity index (χ4v) is 9.63. The molecular formula is C23H40O3Si. The van der Waals surface area contributed by atoms with Gasteiger partial charge in [-0.1, -0.05) is 59.1 Å². The van der Waals surface area contributed by atoms with E-state index in [1.165, 1.54) is 0 Å². The molecule has 0 aromatic rings. The van der Waals surface area contributed by atoms with Gasteiger partial charge in [0.15, 0.2) is 0 Å². The Hall–Kier alpha value is -1.31. The maximum absolute atomic E-state index is 11.7. The van der Waals surface area contributed by atoms with E-state index in [0.717, 1.165) is 12.0 Å². The average molecular weight is 393 g/mol. The summed E-state index contributed by atoms with van der Waals surface area (Å²) in [6.07, 6.45) is 6.17. The molecule has 0 spiro atoms. The topological polar surface area (TPSA) is 35.5 Å². The molecule has 2 atom stereocenters. The minimum Gasteiger partial charge on any atom is -0.449 e. The van der Waals surface area contributed by atoms with Gasteiger partial charge in [0, 0.05) is 12.0 Å². The SMILES string of the molecule is CC=CC(C)OC(=O)C#C/C=C(\C)C[C@H](C)O[Si](C(C)C)(C(C)C)C(C)C. The van der Waals surface area contributed by atoms with Gasteiger partial charge in [-0.2, -0.15) is 0 Å². The molecule has 0 heterocycles.